The lowest BCUT2D eigenvalue weighted by Crippen LogP contribution is -2.18. The SMILES string of the molecule is CN(c1ccccc1)c1cc(=O)nc2ccccn12. The lowest BCUT2D eigenvalue weighted by molar-refractivity contribution is 1.01. The van der Waals surface area contributed by atoms with Crippen LogP contribution in [-0.4, -0.2) is 16.4 Å². The molecule has 0 unspecified atom stereocenters. The Morgan fingerprint density at radius 2 is 1.79 bits per heavy atom. The molecule has 94 valence electrons. The second-order valence-corrected chi connectivity index (χ2v) is 4.28. The van der Waals surface area contributed by atoms with Gasteiger partial charge >= 0.3 is 0 Å². The van der Waals surface area contributed by atoms with E-state index in [1.807, 2.05) is 71.1 Å². The summed E-state index contributed by atoms with van der Waals surface area (Å²) in [6.45, 7) is 0. The van der Waals surface area contributed by atoms with Gasteiger partial charge in [-0.25, -0.2) is 0 Å². The number of pyridine rings is 1. The van der Waals surface area contributed by atoms with Crippen molar-refractivity contribution in [2.45, 2.75) is 0 Å². The molecule has 0 saturated carbocycles. The van der Waals surface area contributed by atoms with Gasteiger partial charge in [-0.1, -0.05) is 24.3 Å². The number of fused-ring (bicyclic) bond motifs is 1. The maximum absolute atomic E-state index is 11.7. The van der Waals surface area contributed by atoms with Crippen LogP contribution < -0.4 is 10.5 Å². The van der Waals surface area contributed by atoms with Crippen LogP contribution in [0.5, 0.6) is 0 Å². The van der Waals surface area contributed by atoms with Crippen LogP contribution in [0.3, 0.4) is 0 Å². The van der Waals surface area contributed by atoms with E-state index in [1.54, 1.807) is 6.07 Å². The van der Waals surface area contributed by atoms with Gasteiger partial charge in [0.05, 0.1) is 0 Å². The third-order valence-electron chi connectivity index (χ3n) is 3.05. The van der Waals surface area contributed by atoms with Gasteiger partial charge in [0.1, 0.15) is 11.5 Å². The van der Waals surface area contributed by atoms with E-state index in [-0.39, 0.29) is 5.56 Å². The molecule has 0 atom stereocenters. The molecule has 0 amide bonds. The molecule has 0 bridgehead atoms. The number of rotatable bonds is 2. The van der Waals surface area contributed by atoms with Gasteiger partial charge in [0.25, 0.3) is 5.56 Å². The third kappa shape index (κ3) is 2.08. The normalized spacial score (nSPS) is 10.6. The zero-order valence-corrected chi connectivity index (χ0v) is 10.5. The van der Waals surface area contributed by atoms with Crippen molar-refractivity contribution in [2.75, 3.05) is 11.9 Å². The maximum Gasteiger partial charge on any atom is 0.275 e. The topological polar surface area (TPSA) is 37.6 Å². The first kappa shape index (κ1) is 11.5. The summed E-state index contributed by atoms with van der Waals surface area (Å²) in [4.78, 5) is 17.7. The van der Waals surface area contributed by atoms with E-state index < -0.39 is 0 Å². The summed E-state index contributed by atoms with van der Waals surface area (Å²) in [5.74, 6) is 0.793. The first-order chi connectivity index (χ1) is 9.25. The quantitative estimate of drug-likeness (QED) is 0.702. The zero-order valence-electron chi connectivity index (χ0n) is 10.5. The molecule has 19 heavy (non-hydrogen) atoms. The largest absolute Gasteiger partial charge is 0.330 e. The Morgan fingerprint density at radius 3 is 2.58 bits per heavy atom. The molecule has 0 saturated heterocycles. The van der Waals surface area contributed by atoms with Crippen LogP contribution >= 0.6 is 0 Å². The molecule has 0 aliphatic heterocycles. The van der Waals surface area contributed by atoms with Crippen molar-refractivity contribution >= 4 is 17.2 Å². The number of hydrogen-bond donors (Lipinski definition) is 0. The Labute approximate surface area is 110 Å². The molecule has 3 aromatic rings. The fraction of sp³-hybridized carbons (Fsp3) is 0.0667. The van der Waals surface area contributed by atoms with Crippen molar-refractivity contribution in [1.29, 1.82) is 0 Å². The molecular formula is C15H13N3O. The minimum Gasteiger partial charge on any atom is -0.330 e. The van der Waals surface area contributed by atoms with Crippen molar-refractivity contribution in [2.24, 2.45) is 0 Å². The Balaban J connectivity index is 2.22. The highest BCUT2D eigenvalue weighted by atomic mass is 16.1. The van der Waals surface area contributed by atoms with Gasteiger partial charge in [-0.05, 0) is 24.3 Å². The van der Waals surface area contributed by atoms with Crippen LogP contribution in [0.1, 0.15) is 0 Å². The van der Waals surface area contributed by atoms with Gasteiger partial charge in [-0.2, -0.15) is 4.98 Å². The summed E-state index contributed by atoms with van der Waals surface area (Å²) < 4.78 is 1.90. The average Bonchev–Trinajstić information content (AvgIpc) is 2.46. The summed E-state index contributed by atoms with van der Waals surface area (Å²) in [6.07, 6.45) is 1.90. The van der Waals surface area contributed by atoms with Crippen LogP contribution in [0.25, 0.3) is 5.65 Å². The van der Waals surface area contributed by atoms with E-state index >= 15 is 0 Å². The van der Waals surface area contributed by atoms with Crippen LogP contribution in [0, 0.1) is 0 Å². The van der Waals surface area contributed by atoms with Gasteiger partial charge < -0.3 is 4.90 Å². The van der Waals surface area contributed by atoms with Gasteiger partial charge in [0.2, 0.25) is 0 Å². The predicted molar refractivity (Wildman–Crippen MR) is 76.0 cm³/mol. The molecule has 0 N–H and O–H groups in total. The Bertz CT molecular complexity index is 765. The fourth-order valence-corrected chi connectivity index (χ4v) is 2.09. The van der Waals surface area contributed by atoms with Crippen LogP contribution in [-0.2, 0) is 0 Å². The first-order valence-corrected chi connectivity index (χ1v) is 6.03. The van der Waals surface area contributed by atoms with E-state index in [2.05, 4.69) is 4.98 Å². The second-order valence-electron chi connectivity index (χ2n) is 4.28. The molecule has 0 spiro atoms. The summed E-state index contributed by atoms with van der Waals surface area (Å²) in [5, 5.41) is 0. The lowest BCUT2D eigenvalue weighted by atomic mass is 10.3. The molecule has 3 rings (SSSR count). The minimum atomic E-state index is -0.232. The van der Waals surface area contributed by atoms with Crippen LogP contribution in [0.15, 0.2) is 65.6 Å². The smallest absolute Gasteiger partial charge is 0.275 e. The summed E-state index contributed by atoms with van der Waals surface area (Å²) >= 11 is 0. The minimum absolute atomic E-state index is 0.232. The Morgan fingerprint density at radius 1 is 1.05 bits per heavy atom. The van der Waals surface area contributed by atoms with E-state index in [1.165, 1.54) is 0 Å². The third-order valence-corrected chi connectivity index (χ3v) is 3.05. The molecule has 0 aliphatic carbocycles. The molecule has 1 aromatic carbocycles. The van der Waals surface area contributed by atoms with Gasteiger partial charge in [-0.15, -0.1) is 0 Å². The molecule has 0 aliphatic rings. The van der Waals surface area contributed by atoms with Crippen LogP contribution in [0.4, 0.5) is 11.5 Å². The van der Waals surface area contributed by atoms with Crippen molar-refractivity contribution in [1.82, 2.24) is 9.38 Å². The molecule has 2 heterocycles. The van der Waals surface area contributed by atoms with Crippen molar-refractivity contribution in [3.63, 3.8) is 0 Å². The number of nitrogens with zero attached hydrogens (tertiary/aromatic N) is 3. The highest BCUT2D eigenvalue weighted by Crippen LogP contribution is 2.21. The summed E-state index contributed by atoms with van der Waals surface area (Å²) in [7, 11) is 1.93. The zero-order chi connectivity index (χ0) is 13.2. The van der Waals surface area contributed by atoms with E-state index in [0.29, 0.717) is 5.65 Å². The van der Waals surface area contributed by atoms with E-state index in [4.69, 9.17) is 0 Å². The van der Waals surface area contributed by atoms with Crippen LogP contribution in [0.2, 0.25) is 0 Å². The number of benzene rings is 1. The monoisotopic (exact) mass is 251 g/mol. The summed E-state index contributed by atoms with van der Waals surface area (Å²) in [5.41, 5.74) is 1.43. The van der Waals surface area contributed by atoms with E-state index in [0.717, 1.165) is 11.5 Å². The Kier molecular flexibility index (Phi) is 2.76. The number of para-hydroxylation sites is 1. The molecule has 0 fully saturated rings. The van der Waals surface area contributed by atoms with E-state index in [9.17, 15) is 4.79 Å². The van der Waals surface area contributed by atoms with Gasteiger partial charge in [-0.3, -0.25) is 9.20 Å². The van der Waals surface area contributed by atoms with Crippen molar-refractivity contribution < 1.29 is 0 Å². The molecular weight excluding hydrogens is 238 g/mol. The first-order valence-electron chi connectivity index (χ1n) is 6.03. The van der Waals surface area contributed by atoms with Gasteiger partial charge in [0.15, 0.2) is 0 Å². The molecule has 4 nitrogen and oxygen atoms in total. The number of hydrogen-bond acceptors (Lipinski definition) is 3. The standard InChI is InChI=1S/C15H13N3O/c1-17(12-7-3-2-4-8-12)15-11-14(19)16-13-9-5-6-10-18(13)15/h2-11H,1H3. The lowest BCUT2D eigenvalue weighted by Gasteiger charge is -2.21. The second kappa shape index (κ2) is 4.57. The Hall–Kier alpha value is -2.62. The number of aromatic nitrogens is 2. The highest BCUT2D eigenvalue weighted by Gasteiger charge is 2.08. The molecule has 0 radical (unpaired) electrons. The van der Waals surface area contributed by atoms with Crippen molar-refractivity contribution in [3.8, 4) is 0 Å². The molecule has 4 heteroatoms. The van der Waals surface area contributed by atoms with Gasteiger partial charge in [0, 0.05) is 25.0 Å². The predicted octanol–water partition coefficient (Wildman–Crippen LogP) is 2.46. The summed E-state index contributed by atoms with van der Waals surface area (Å²) in [6, 6.07) is 17.1. The average molecular weight is 251 g/mol. The molecule has 2 aromatic heterocycles. The number of anilines is 2. The highest BCUT2D eigenvalue weighted by molar-refractivity contribution is 5.61. The maximum atomic E-state index is 11.7. The van der Waals surface area contributed by atoms with Crippen molar-refractivity contribution in [3.05, 3.63) is 71.1 Å². The fourth-order valence-electron chi connectivity index (χ4n) is 2.09.